The average Bonchev–Trinajstić information content (AvgIpc) is 2.46. The number of rotatable bonds is 14. The molecule has 23 heavy (non-hydrogen) atoms. The van der Waals surface area contributed by atoms with Gasteiger partial charge in [0.05, 0.1) is 0 Å². The molecule has 0 spiro atoms. The Morgan fingerprint density at radius 1 is 0.565 bits per heavy atom. The van der Waals surface area contributed by atoms with Crippen LogP contribution < -0.4 is 0 Å². The zero-order chi connectivity index (χ0) is 17.9. The fourth-order valence-electron chi connectivity index (χ4n) is 2.28. The molecule has 0 aromatic rings. The molecular weight excluding hydrogens is 336 g/mol. The summed E-state index contributed by atoms with van der Waals surface area (Å²) in [5, 5.41) is -0.812. The third kappa shape index (κ3) is 8.47. The van der Waals surface area contributed by atoms with Crippen molar-refractivity contribution in [2.45, 2.75) is 66.2 Å². The lowest BCUT2D eigenvalue weighted by Gasteiger charge is -2.25. The van der Waals surface area contributed by atoms with E-state index in [4.69, 9.17) is 0 Å². The molecule has 0 bridgehead atoms. The molecular formula is C15H34N2O4S2. The lowest BCUT2D eigenvalue weighted by molar-refractivity contribution is 0.395. The van der Waals surface area contributed by atoms with Crippen LogP contribution in [0.4, 0.5) is 0 Å². The molecule has 0 heterocycles. The van der Waals surface area contributed by atoms with Gasteiger partial charge in [0.15, 0.2) is 5.08 Å². The van der Waals surface area contributed by atoms with Crippen LogP contribution in [0, 0.1) is 0 Å². The minimum atomic E-state index is -3.80. The summed E-state index contributed by atoms with van der Waals surface area (Å²) < 4.78 is 52.8. The van der Waals surface area contributed by atoms with Crippen molar-refractivity contribution in [1.29, 1.82) is 0 Å². The smallest absolute Gasteiger partial charge is 0.211 e. The van der Waals surface area contributed by atoms with Crippen LogP contribution >= 0.6 is 0 Å². The van der Waals surface area contributed by atoms with Crippen molar-refractivity contribution >= 4 is 20.0 Å². The van der Waals surface area contributed by atoms with Crippen molar-refractivity contribution < 1.29 is 16.8 Å². The molecule has 0 aromatic carbocycles. The highest BCUT2D eigenvalue weighted by molar-refractivity contribution is 8.05. The zero-order valence-corrected chi connectivity index (χ0v) is 16.8. The van der Waals surface area contributed by atoms with E-state index >= 15 is 0 Å². The summed E-state index contributed by atoms with van der Waals surface area (Å²) >= 11 is 0. The molecule has 0 atom stereocenters. The van der Waals surface area contributed by atoms with E-state index in [1.807, 2.05) is 27.7 Å². The Hall–Kier alpha value is -0.180. The first-order valence-electron chi connectivity index (χ1n) is 8.70. The number of unbranched alkanes of at least 4 members (excludes halogenated alkanes) is 2. The van der Waals surface area contributed by atoms with Crippen LogP contribution in [0.2, 0.25) is 0 Å². The van der Waals surface area contributed by atoms with E-state index in [2.05, 4.69) is 0 Å². The summed E-state index contributed by atoms with van der Waals surface area (Å²) in [5.41, 5.74) is 0. The molecule has 0 saturated heterocycles. The summed E-state index contributed by atoms with van der Waals surface area (Å²) in [6, 6.07) is 0. The second-order valence-electron chi connectivity index (χ2n) is 5.85. The van der Waals surface area contributed by atoms with Crippen LogP contribution in [0.5, 0.6) is 0 Å². The van der Waals surface area contributed by atoms with Gasteiger partial charge in [0.1, 0.15) is 0 Å². The van der Waals surface area contributed by atoms with Crippen LogP contribution in [-0.4, -0.2) is 56.7 Å². The van der Waals surface area contributed by atoms with Crippen molar-refractivity contribution in [3.8, 4) is 0 Å². The quantitative estimate of drug-likeness (QED) is 0.471. The van der Waals surface area contributed by atoms with Gasteiger partial charge in [0.25, 0.3) is 0 Å². The molecule has 8 heteroatoms. The topological polar surface area (TPSA) is 74.8 Å². The van der Waals surface area contributed by atoms with Crippen molar-refractivity contribution in [3.63, 3.8) is 0 Å². The molecule has 0 aliphatic rings. The Morgan fingerprint density at radius 2 is 0.913 bits per heavy atom. The van der Waals surface area contributed by atoms with E-state index < -0.39 is 25.1 Å². The SMILES string of the molecule is CCCCN(CCC)S(=O)(=O)CS(=O)(=O)N(CCC)CCCC. The Morgan fingerprint density at radius 3 is 1.17 bits per heavy atom. The fourth-order valence-corrected chi connectivity index (χ4v) is 6.72. The van der Waals surface area contributed by atoms with Crippen LogP contribution in [0.25, 0.3) is 0 Å². The Labute approximate surface area is 143 Å². The fraction of sp³-hybridized carbons (Fsp3) is 1.00. The normalized spacial score (nSPS) is 13.1. The Balaban J connectivity index is 5.18. The Kier molecular flexibility index (Phi) is 11.3. The van der Waals surface area contributed by atoms with Gasteiger partial charge >= 0.3 is 0 Å². The highest BCUT2D eigenvalue weighted by Crippen LogP contribution is 2.13. The van der Waals surface area contributed by atoms with E-state index in [1.165, 1.54) is 8.61 Å². The van der Waals surface area contributed by atoms with Crippen molar-refractivity contribution in [1.82, 2.24) is 8.61 Å². The summed E-state index contributed by atoms with van der Waals surface area (Å²) in [6.45, 7) is 9.31. The predicted octanol–water partition coefficient (Wildman–Crippen LogP) is 2.63. The van der Waals surface area contributed by atoms with Gasteiger partial charge in [0.2, 0.25) is 20.0 Å². The summed E-state index contributed by atoms with van der Waals surface area (Å²) in [6.07, 6.45) is 4.60. The number of hydrogen-bond acceptors (Lipinski definition) is 4. The molecule has 0 aromatic heterocycles. The van der Waals surface area contributed by atoms with Gasteiger partial charge < -0.3 is 0 Å². The van der Waals surface area contributed by atoms with Crippen LogP contribution in [0.15, 0.2) is 0 Å². The van der Waals surface area contributed by atoms with E-state index in [9.17, 15) is 16.8 Å². The molecule has 0 N–H and O–H groups in total. The van der Waals surface area contributed by atoms with E-state index in [1.54, 1.807) is 0 Å². The lowest BCUT2D eigenvalue weighted by atomic mass is 10.3. The van der Waals surface area contributed by atoms with Crippen molar-refractivity contribution in [3.05, 3.63) is 0 Å². The highest BCUT2D eigenvalue weighted by Gasteiger charge is 2.31. The molecule has 140 valence electrons. The second-order valence-corrected chi connectivity index (χ2v) is 10.2. The predicted molar refractivity (Wildman–Crippen MR) is 96.3 cm³/mol. The lowest BCUT2D eigenvalue weighted by Crippen LogP contribution is -2.42. The van der Waals surface area contributed by atoms with Crippen LogP contribution in [0.1, 0.15) is 66.2 Å². The highest BCUT2D eigenvalue weighted by atomic mass is 32.3. The first-order chi connectivity index (χ1) is 10.7. The van der Waals surface area contributed by atoms with Gasteiger partial charge in [-0.05, 0) is 25.7 Å². The number of hydrogen-bond donors (Lipinski definition) is 0. The second kappa shape index (κ2) is 11.4. The third-order valence-electron chi connectivity index (χ3n) is 3.55. The standard InChI is InChI=1S/C15H34N2O4S2/c1-5-9-13-16(11-7-3)22(18,19)15-23(20,21)17(12-8-4)14-10-6-2/h5-15H2,1-4H3. The van der Waals surface area contributed by atoms with Gasteiger partial charge in [-0.15, -0.1) is 0 Å². The summed E-state index contributed by atoms with van der Waals surface area (Å²) in [5.74, 6) is 0. The molecule has 0 aliphatic carbocycles. The van der Waals surface area contributed by atoms with Crippen LogP contribution in [-0.2, 0) is 20.0 Å². The van der Waals surface area contributed by atoms with Crippen molar-refractivity contribution in [2.75, 3.05) is 31.3 Å². The summed E-state index contributed by atoms with van der Waals surface area (Å²) in [4.78, 5) is 0. The van der Waals surface area contributed by atoms with Crippen molar-refractivity contribution in [2.24, 2.45) is 0 Å². The number of sulfonamides is 2. The molecule has 0 radical (unpaired) electrons. The molecule has 0 amide bonds. The van der Waals surface area contributed by atoms with Gasteiger partial charge in [-0.25, -0.2) is 25.4 Å². The Bertz CT molecular complexity index is 458. The van der Waals surface area contributed by atoms with E-state index in [0.717, 1.165) is 25.7 Å². The minimum absolute atomic E-state index is 0.376. The molecule has 6 nitrogen and oxygen atoms in total. The summed E-state index contributed by atoms with van der Waals surface area (Å²) in [7, 11) is -7.60. The minimum Gasteiger partial charge on any atom is -0.211 e. The van der Waals surface area contributed by atoms with Crippen LogP contribution in [0.3, 0.4) is 0 Å². The largest absolute Gasteiger partial charge is 0.229 e. The van der Waals surface area contributed by atoms with Gasteiger partial charge in [0, 0.05) is 26.2 Å². The van der Waals surface area contributed by atoms with Gasteiger partial charge in [-0.3, -0.25) is 0 Å². The molecule has 0 aliphatic heterocycles. The van der Waals surface area contributed by atoms with Gasteiger partial charge in [-0.1, -0.05) is 40.5 Å². The maximum atomic E-state index is 12.5. The monoisotopic (exact) mass is 370 g/mol. The first kappa shape index (κ1) is 22.8. The zero-order valence-electron chi connectivity index (χ0n) is 15.1. The maximum Gasteiger partial charge on any atom is 0.229 e. The maximum absolute atomic E-state index is 12.5. The molecule has 0 saturated carbocycles. The molecule has 0 fully saturated rings. The molecule has 0 unspecified atom stereocenters. The average molecular weight is 371 g/mol. The molecule has 0 rings (SSSR count). The third-order valence-corrected chi connectivity index (χ3v) is 8.24. The number of nitrogens with zero attached hydrogens (tertiary/aromatic N) is 2. The van der Waals surface area contributed by atoms with Gasteiger partial charge in [-0.2, -0.15) is 0 Å². The first-order valence-corrected chi connectivity index (χ1v) is 11.9. The van der Waals surface area contributed by atoms with E-state index in [0.29, 0.717) is 39.0 Å². The van der Waals surface area contributed by atoms with E-state index in [-0.39, 0.29) is 0 Å².